The third-order valence-electron chi connectivity index (χ3n) is 2.92. The Balaban J connectivity index is 2.62. The molecule has 6 nitrogen and oxygen atoms in total. The number of piperidine rings is 1. The average molecular weight is 284 g/mol. The topological polar surface area (TPSA) is 83.6 Å². The zero-order chi connectivity index (χ0) is 13.1. The Bertz CT molecular complexity index is 438. The lowest BCUT2D eigenvalue weighted by atomic mass is 10.2. The molecule has 1 heterocycles. The number of nitrogens with zero attached hydrogens (tertiary/aromatic N) is 1. The van der Waals surface area contributed by atoms with Crippen LogP contribution in [0.2, 0.25) is 0 Å². The summed E-state index contributed by atoms with van der Waals surface area (Å²) in [7, 11) is -5.04. The van der Waals surface area contributed by atoms with Crippen LogP contribution in [0.15, 0.2) is 0 Å². The van der Waals surface area contributed by atoms with Gasteiger partial charge in [-0.2, -0.15) is 0 Å². The third-order valence-corrected chi connectivity index (χ3v) is 6.21. The molecule has 102 valence electrons. The van der Waals surface area contributed by atoms with Gasteiger partial charge in [0.15, 0.2) is 0 Å². The summed E-state index contributed by atoms with van der Waals surface area (Å²) in [5.41, 5.74) is 0. The fourth-order valence-electron chi connectivity index (χ4n) is 1.77. The van der Waals surface area contributed by atoms with E-state index < -0.39 is 19.9 Å². The monoisotopic (exact) mass is 284 g/mol. The molecule has 8 heteroatoms. The first-order valence-corrected chi connectivity index (χ1v) is 9.13. The van der Waals surface area contributed by atoms with Crippen molar-refractivity contribution in [2.24, 2.45) is 0 Å². The van der Waals surface area contributed by atoms with Gasteiger partial charge in [0.2, 0.25) is 10.0 Å². The molecule has 0 aromatic rings. The van der Waals surface area contributed by atoms with E-state index >= 15 is 0 Å². The molecule has 17 heavy (non-hydrogen) atoms. The van der Waals surface area contributed by atoms with Gasteiger partial charge in [-0.05, 0) is 25.9 Å². The maximum absolute atomic E-state index is 12.1. The lowest BCUT2D eigenvalue weighted by Crippen LogP contribution is -2.43. The van der Waals surface area contributed by atoms with Crippen molar-refractivity contribution in [2.75, 3.05) is 38.7 Å². The van der Waals surface area contributed by atoms with E-state index in [0.29, 0.717) is 25.9 Å². The Morgan fingerprint density at radius 2 is 1.71 bits per heavy atom. The van der Waals surface area contributed by atoms with Crippen LogP contribution in [0.1, 0.15) is 12.8 Å². The summed E-state index contributed by atoms with van der Waals surface area (Å²) in [4.78, 5) is 0. The lowest BCUT2D eigenvalue weighted by Gasteiger charge is -2.27. The summed E-state index contributed by atoms with van der Waals surface area (Å²) in [6, 6.07) is 0. The highest BCUT2D eigenvalue weighted by Gasteiger charge is 2.30. The molecule has 1 rings (SSSR count). The lowest BCUT2D eigenvalue weighted by molar-refractivity contribution is 0.440. The predicted molar refractivity (Wildman–Crippen MR) is 67.2 cm³/mol. The second-order valence-corrected chi connectivity index (χ2v) is 9.03. The summed E-state index contributed by atoms with van der Waals surface area (Å²) in [5, 5.41) is 2.72. The fraction of sp³-hybridized carbons (Fsp3) is 1.00. The number of nitrogens with one attached hydrogen (secondary N) is 1. The Morgan fingerprint density at radius 3 is 2.18 bits per heavy atom. The predicted octanol–water partition coefficient (Wildman–Crippen LogP) is -0.955. The first-order chi connectivity index (χ1) is 7.73. The number of sulfonamides is 1. The van der Waals surface area contributed by atoms with Gasteiger partial charge in [0.1, 0.15) is 9.84 Å². The second-order valence-electron chi connectivity index (χ2n) is 4.45. The summed E-state index contributed by atoms with van der Waals surface area (Å²) >= 11 is 0. The SMILES string of the molecule is CN(CCS(C)(=O)=O)S(=O)(=O)C1CCNCC1. The van der Waals surface area contributed by atoms with Gasteiger partial charge in [-0.3, -0.25) is 0 Å². The van der Waals surface area contributed by atoms with Crippen molar-refractivity contribution < 1.29 is 16.8 Å². The zero-order valence-electron chi connectivity index (χ0n) is 10.2. The van der Waals surface area contributed by atoms with Gasteiger partial charge < -0.3 is 5.32 Å². The molecule has 0 aliphatic carbocycles. The Kier molecular flexibility index (Phi) is 4.94. The molecule has 1 aliphatic rings. The van der Waals surface area contributed by atoms with Crippen molar-refractivity contribution in [3.8, 4) is 0 Å². The second kappa shape index (κ2) is 5.64. The zero-order valence-corrected chi connectivity index (χ0v) is 11.8. The summed E-state index contributed by atoms with van der Waals surface area (Å²) in [6.45, 7) is 1.43. The Morgan fingerprint density at radius 1 is 1.18 bits per heavy atom. The normalized spacial score (nSPS) is 19.7. The average Bonchev–Trinajstić information content (AvgIpc) is 2.26. The molecule has 0 amide bonds. The van der Waals surface area contributed by atoms with E-state index in [1.807, 2.05) is 0 Å². The van der Waals surface area contributed by atoms with Crippen LogP contribution in [0.5, 0.6) is 0 Å². The van der Waals surface area contributed by atoms with Crippen molar-refractivity contribution in [1.82, 2.24) is 9.62 Å². The minimum absolute atomic E-state index is 0.0328. The smallest absolute Gasteiger partial charge is 0.216 e. The highest BCUT2D eigenvalue weighted by atomic mass is 32.2. The molecular weight excluding hydrogens is 264 g/mol. The first-order valence-electron chi connectivity index (χ1n) is 5.57. The number of hydrogen-bond donors (Lipinski definition) is 1. The minimum atomic E-state index is -3.36. The molecule has 0 aromatic carbocycles. The van der Waals surface area contributed by atoms with Crippen LogP contribution in [-0.2, 0) is 19.9 Å². The number of rotatable bonds is 5. The van der Waals surface area contributed by atoms with Crippen LogP contribution in [-0.4, -0.2) is 65.1 Å². The van der Waals surface area contributed by atoms with Gasteiger partial charge in [-0.1, -0.05) is 0 Å². The van der Waals surface area contributed by atoms with Gasteiger partial charge in [-0.25, -0.2) is 21.1 Å². The van der Waals surface area contributed by atoms with Crippen molar-refractivity contribution in [3.05, 3.63) is 0 Å². The molecule has 0 radical (unpaired) electrons. The van der Waals surface area contributed by atoms with E-state index in [0.717, 1.165) is 6.26 Å². The van der Waals surface area contributed by atoms with Gasteiger partial charge in [0.05, 0.1) is 11.0 Å². The van der Waals surface area contributed by atoms with Gasteiger partial charge in [0, 0.05) is 19.8 Å². The highest BCUT2D eigenvalue weighted by molar-refractivity contribution is 7.91. The Labute approximate surface area is 103 Å². The third kappa shape index (κ3) is 4.53. The summed E-state index contributed by atoms with van der Waals surface area (Å²) in [6.07, 6.45) is 2.29. The molecular formula is C9H20N2O4S2. The van der Waals surface area contributed by atoms with E-state index in [-0.39, 0.29) is 17.5 Å². The fourth-order valence-corrected chi connectivity index (χ4v) is 4.18. The molecule has 1 saturated heterocycles. The Hall–Kier alpha value is -0.180. The largest absolute Gasteiger partial charge is 0.317 e. The number of sulfone groups is 1. The molecule has 0 unspecified atom stereocenters. The molecule has 1 aliphatic heterocycles. The summed E-state index contributed by atoms with van der Waals surface area (Å²) < 4.78 is 47.4. The van der Waals surface area contributed by atoms with Crippen LogP contribution in [0, 0.1) is 0 Å². The van der Waals surface area contributed by atoms with Crippen molar-refractivity contribution in [1.29, 1.82) is 0 Å². The van der Waals surface area contributed by atoms with Crippen LogP contribution >= 0.6 is 0 Å². The molecule has 0 saturated carbocycles. The summed E-state index contributed by atoms with van der Waals surface area (Å²) in [5.74, 6) is -0.131. The molecule has 0 spiro atoms. The maximum atomic E-state index is 12.1. The van der Waals surface area contributed by atoms with E-state index in [1.54, 1.807) is 0 Å². The van der Waals surface area contributed by atoms with Gasteiger partial charge >= 0.3 is 0 Å². The van der Waals surface area contributed by atoms with Crippen molar-refractivity contribution in [3.63, 3.8) is 0 Å². The molecule has 0 aromatic heterocycles. The van der Waals surface area contributed by atoms with Crippen molar-refractivity contribution in [2.45, 2.75) is 18.1 Å². The molecule has 1 N–H and O–H groups in total. The molecule has 0 atom stereocenters. The van der Waals surface area contributed by atoms with Crippen LogP contribution in [0.25, 0.3) is 0 Å². The van der Waals surface area contributed by atoms with E-state index in [1.165, 1.54) is 11.4 Å². The van der Waals surface area contributed by atoms with E-state index in [4.69, 9.17) is 0 Å². The van der Waals surface area contributed by atoms with Gasteiger partial charge in [-0.15, -0.1) is 0 Å². The van der Waals surface area contributed by atoms with Crippen LogP contribution < -0.4 is 5.32 Å². The van der Waals surface area contributed by atoms with Crippen molar-refractivity contribution >= 4 is 19.9 Å². The number of hydrogen-bond acceptors (Lipinski definition) is 5. The quantitative estimate of drug-likeness (QED) is 0.703. The first kappa shape index (κ1) is 14.9. The maximum Gasteiger partial charge on any atom is 0.216 e. The van der Waals surface area contributed by atoms with E-state index in [9.17, 15) is 16.8 Å². The van der Waals surface area contributed by atoms with Gasteiger partial charge in [0.25, 0.3) is 0 Å². The van der Waals surface area contributed by atoms with Crippen LogP contribution in [0.4, 0.5) is 0 Å². The van der Waals surface area contributed by atoms with E-state index in [2.05, 4.69) is 5.32 Å². The standard InChI is InChI=1S/C9H20N2O4S2/c1-11(7-8-16(2,12)13)17(14,15)9-3-5-10-6-4-9/h9-10H,3-8H2,1-2H3. The highest BCUT2D eigenvalue weighted by Crippen LogP contribution is 2.16. The van der Waals surface area contributed by atoms with Crippen LogP contribution in [0.3, 0.4) is 0 Å². The molecule has 0 bridgehead atoms. The minimum Gasteiger partial charge on any atom is -0.317 e. The molecule has 1 fully saturated rings.